The number of fused-ring (bicyclic) bond motifs is 2. The lowest BCUT2D eigenvalue weighted by Crippen LogP contribution is -2.32. The van der Waals surface area contributed by atoms with Crippen LogP contribution in [0.15, 0.2) is 48.5 Å². The SMILES string of the molecule is Cc1nc2ccccc2c(C)c1CC(=O)N[C@H]1CCCc2ccccc21. The van der Waals surface area contributed by atoms with Crippen molar-refractivity contribution in [2.24, 2.45) is 0 Å². The number of pyridine rings is 1. The number of nitrogens with zero attached hydrogens (tertiary/aromatic N) is 1. The molecule has 0 fully saturated rings. The van der Waals surface area contributed by atoms with Crippen LogP contribution in [0.25, 0.3) is 10.9 Å². The van der Waals surface area contributed by atoms with Crippen LogP contribution in [0, 0.1) is 13.8 Å². The van der Waals surface area contributed by atoms with Gasteiger partial charge in [0.25, 0.3) is 0 Å². The number of amides is 1. The van der Waals surface area contributed by atoms with E-state index >= 15 is 0 Å². The highest BCUT2D eigenvalue weighted by Crippen LogP contribution is 2.30. The lowest BCUT2D eigenvalue weighted by molar-refractivity contribution is -0.121. The van der Waals surface area contributed by atoms with Gasteiger partial charge < -0.3 is 5.32 Å². The zero-order valence-corrected chi connectivity index (χ0v) is 15.4. The summed E-state index contributed by atoms with van der Waals surface area (Å²) in [7, 11) is 0. The van der Waals surface area contributed by atoms with E-state index in [9.17, 15) is 4.79 Å². The van der Waals surface area contributed by atoms with Gasteiger partial charge in [-0.15, -0.1) is 0 Å². The molecule has 132 valence electrons. The fraction of sp³-hybridized carbons (Fsp3) is 0.304. The van der Waals surface area contributed by atoms with E-state index in [1.807, 2.05) is 25.1 Å². The summed E-state index contributed by atoms with van der Waals surface area (Å²) in [4.78, 5) is 17.5. The molecular weight excluding hydrogens is 320 g/mol. The monoisotopic (exact) mass is 344 g/mol. The van der Waals surface area contributed by atoms with E-state index < -0.39 is 0 Å². The van der Waals surface area contributed by atoms with Crippen molar-refractivity contribution in [2.75, 3.05) is 0 Å². The first-order valence-corrected chi connectivity index (χ1v) is 9.35. The second-order valence-corrected chi connectivity index (χ2v) is 7.21. The van der Waals surface area contributed by atoms with E-state index in [4.69, 9.17) is 4.98 Å². The average Bonchev–Trinajstić information content (AvgIpc) is 2.65. The third-order valence-corrected chi connectivity index (χ3v) is 5.53. The minimum atomic E-state index is 0.0787. The summed E-state index contributed by atoms with van der Waals surface area (Å²) >= 11 is 0. The molecule has 0 unspecified atom stereocenters. The summed E-state index contributed by atoms with van der Waals surface area (Å²) in [5.41, 5.74) is 6.78. The first-order valence-electron chi connectivity index (χ1n) is 9.35. The van der Waals surface area contributed by atoms with E-state index in [-0.39, 0.29) is 11.9 Å². The molecule has 1 aliphatic rings. The van der Waals surface area contributed by atoms with Crippen LogP contribution >= 0.6 is 0 Å². The summed E-state index contributed by atoms with van der Waals surface area (Å²) in [5, 5.41) is 4.39. The maximum absolute atomic E-state index is 12.8. The van der Waals surface area contributed by atoms with Crippen molar-refractivity contribution in [3.63, 3.8) is 0 Å². The van der Waals surface area contributed by atoms with Crippen LogP contribution < -0.4 is 5.32 Å². The third-order valence-electron chi connectivity index (χ3n) is 5.53. The van der Waals surface area contributed by atoms with E-state index in [0.29, 0.717) is 6.42 Å². The van der Waals surface area contributed by atoms with Gasteiger partial charge in [-0.25, -0.2) is 0 Å². The predicted molar refractivity (Wildman–Crippen MR) is 105 cm³/mol. The van der Waals surface area contributed by atoms with Crippen molar-refractivity contribution in [1.82, 2.24) is 10.3 Å². The maximum Gasteiger partial charge on any atom is 0.224 e. The zero-order valence-electron chi connectivity index (χ0n) is 15.4. The Balaban J connectivity index is 1.57. The molecule has 3 nitrogen and oxygen atoms in total. The van der Waals surface area contributed by atoms with E-state index in [1.165, 1.54) is 11.1 Å². The number of aryl methyl sites for hydroxylation is 3. The molecule has 1 aliphatic carbocycles. The van der Waals surface area contributed by atoms with Gasteiger partial charge in [0.2, 0.25) is 5.91 Å². The summed E-state index contributed by atoms with van der Waals surface area (Å²) in [6, 6.07) is 16.7. The molecule has 0 radical (unpaired) electrons. The number of hydrogen-bond acceptors (Lipinski definition) is 2. The van der Waals surface area contributed by atoms with Gasteiger partial charge in [-0.2, -0.15) is 0 Å². The Kier molecular flexibility index (Phi) is 4.46. The van der Waals surface area contributed by atoms with Crippen LogP contribution in [-0.2, 0) is 17.6 Å². The van der Waals surface area contributed by atoms with Crippen molar-refractivity contribution in [3.05, 3.63) is 76.5 Å². The number of aromatic nitrogens is 1. The van der Waals surface area contributed by atoms with Crippen LogP contribution in [0.5, 0.6) is 0 Å². The first-order chi connectivity index (χ1) is 12.6. The topological polar surface area (TPSA) is 42.0 Å². The molecule has 0 spiro atoms. The summed E-state index contributed by atoms with van der Waals surface area (Å²) in [6.45, 7) is 4.09. The number of hydrogen-bond donors (Lipinski definition) is 1. The Labute approximate surface area is 154 Å². The number of carbonyl (C=O) groups excluding carboxylic acids is 1. The second-order valence-electron chi connectivity index (χ2n) is 7.21. The van der Waals surface area contributed by atoms with Gasteiger partial charge in [0, 0.05) is 11.1 Å². The minimum absolute atomic E-state index is 0.0787. The maximum atomic E-state index is 12.8. The zero-order chi connectivity index (χ0) is 18.1. The number of nitrogens with one attached hydrogen (secondary N) is 1. The normalized spacial score (nSPS) is 16.3. The Bertz CT molecular complexity index is 977. The lowest BCUT2D eigenvalue weighted by atomic mass is 9.87. The van der Waals surface area contributed by atoms with Crippen molar-refractivity contribution >= 4 is 16.8 Å². The van der Waals surface area contributed by atoms with E-state index in [1.54, 1.807) is 0 Å². The largest absolute Gasteiger partial charge is 0.349 e. The van der Waals surface area contributed by atoms with Gasteiger partial charge in [0.15, 0.2) is 0 Å². The molecule has 1 N–H and O–H groups in total. The minimum Gasteiger partial charge on any atom is -0.349 e. The number of para-hydroxylation sites is 1. The summed E-state index contributed by atoms with van der Waals surface area (Å²) < 4.78 is 0. The average molecular weight is 344 g/mol. The Hall–Kier alpha value is -2.68. The van der Waals surface area contributed by atoms with Crippen LogP contribution in [0.2, 0.25) is 0 Å². The molecule has 1 aromatic heterocycles. The Morgan fingerprint density at radius 2 is 1.88 bits per heavy atom. The van der Waals surface area contributed by atoms with Crippen LogP contribution in [0.1, 0.15) is 46.8 Å². The standard InChI is InChI=1S/C23H24N2O/c1-15-18-10-5-6-12-21(18)24-16(2)20(15)14-23(26)25-22-13-7-9-17-8-3-4-11-19(17)22/h3-6,8,10-12,22H,7,9,13-14H2,1-2H3,(H,25,26)/t22-/m0/s1. The third kappa shape index (κ3) is 3.10. The van der Waals surface area contributed by atoms with Gasteiger partial charge in [-0.1, -0.05) is 42.5 Å². The molecular formula is C23H24N2O. The van der Waals surface area contributed by atoms with Crippen LogP contribution in [0.3, 0.4) is 0 Å². The second kappa shape index (κ2) is 6.91. The highest BCUT2D eigenvalue weighted by Gasteiger charge is 2.22. The highest BCUT2D eigenvalue weighted by atomic mass is 16.1. The fourth-order valence-corrected chi connectivity index (χ4v) is 4.14. The molecule has 1 amide bonds. The molecule has 1 heterocycles. The predicted octanol–water partition coefficient (Wildman–Crippen LogP) is 4.59. The van der Waals surface area contributed by atoms with E-state index in [0.717, 1.165) is 47.0 Å². The van der Waals surface area contributed by atoms with Crippen molar-refractivity contribution in [2.45, 2.75) is 45.6 Å². The molecule has 0 saturated heterocycles. The van der Waals surface area contributed by atoms with Crippen molar-refractivity contribution in [1.29, 1.82) is 0 Å². The smallest absolute Gasteiger partial charge is 0.224 e. The first kappa shape index (κ1) is 16.8. The van der Waals surface area contributed by atoms with Gasteiger partial charge >= 0.3 is 0 Å². The quantitative estimate of drug-likeness (QED) is 0.755. The van der Waals surface area contributed by atoms with Crippen molar-refractivity contribution in [3.8, 4) is 0 Å². The van der Waals surface area contributed by atoms with Gasteiger partial charge in [0.05, 0.1) is 18.0 Å². The molecule has 26 heavy (non-hydrogen) atoms. The van der Waals surface area contributed by atoms with Crippen molar-refractivity contribution < 1.29 is 4.79 Å². The van der Waals surface area contributed by atoms with Gasteiger partial charge in [0.1, 0.15) is 0 Å². The Morgan fingerprint density at radius 3 is 2.77 bits per heavy atom. The molecule has 3 heteroatoms. The van der Waals surface area contributed by atoms with Gasteiger partial charge in [-0.3, -0.25) is 9.78 Å². The molecule has 1 atom stereocenters. The molecule has 3 aromatic rings. The molecule has 2 aromatic carbocycles. The highest BCUT2D eigenvalue weighted by molar-refractivity contribution is 5.86. The molecule has 4 rings (SSSR count). The van der Waals surface area contributed by atoms with Crippen LogP contribution in [-0.4, -0.2) is 10.9 Å². The fourth-order valence-electron chi connectivity index (χ4n) is 4.14. The van der Waals surface area contributed by atoms with Gasteiger partial charge in [-0.05, 0) is 61.4 Å². The number of carbonyl (C=O) groups is 1. The van der Waals surface area contributed by atoms with Crippen LogP contribution in [0.4, 0.5) is 0 Å². The molecule has 0 saturated carbocycles. The number of rotatable bonds is 3. The Morgan fingerprint density at radius 1 is 1.12 bits per heavy atom. The molecule has 0 bridgehead atoms. The summed E-state index contributed by atoms with van der Waals surface area (Å²) in [6.07, 6.45) is 3.62. The van der Waals surface area contributed by atoms with E-state index in [2.05, 4.69) is 42.6 Å². The summed E-state index contributed by atoms with van der Waals surface area (Å²) in [5.74, 6) is 0.0787. The lowest BCUT2D eigenvalue weighted by Gasteiger charge is -2.26. The number of benzene rings is 2. The molecule has 0 aliphatic heterocycles.